The van der Waals surface area contributed by atoms with Crippen LogP contribution in [0.15, 0.2) is 6.07 Å². The normalized spacial score (nSPS) is 19.0. The summed E-state index contributed by atoms with van der Waals surface area (Å²) in [6.07, 6.45) is 6.97. The van der Waals surface area contributed by atoms with Gasteiger partial charge in [-0.1, -0.05) is 33.1 Å². The van der Waals surface area contributed by atoms with Crippen LogP contribution in [0, 0.1) is 11.8 Å². The molecule has 1 aliphatic heterocycles. The standard InChI is InChI=1S/C19H32N4O/c1-3-15(4-2)13-22-9-6-10-23-18(14-22)11-17(21-23)12-20-19(24)16-7-5-8-16/h11,15-16H,3-10,12-14H2,1-2H3,(H,20,24). The molecule has 0 radical (unpaired) electrons. The van der Waals surface area contributed by atoms with E-state index in [4.69, 9.17) is 5.10 Å². The first kappa shape index (κ1) is 17.5. The zero-order valence-corrected chi connectivity index (χ0v) is 15.3. The Morgan fingerprint density at radius 2 is 2.08 bits per heavy atom. The summed E-state index contributed by atoms with van der Waals surface area (Å²) < 4.78 is 2.15. The summed E-state index contributed by atoms with van der Waals surface area (Å²) in [6, 6.07) is 2.19. The molecule has 1 saturated carbocycles. The van der Waals surface area contributed by atoms with Crippen LogP contribution < -0.4 is 5.32 Å². The van der Waals surface area contributed by atoms with Crippen molar-refractivity contribution in [2.24, 2.45) is 11.8 Å². The van der Waals surface area contributed by atoms with Crippen molar-refractivity contribution >= 4 is 5.91 Å². The molecule has 134 valence electrons. The molecule has 0 aromatic carbocycles. The summed E-state index contributed by atoms with van der Waals surface area (Å²) in [5.41, 5.74) is 2.30. The van der Waals surface area contributed by atoms with Gasteiger partial charge in [-0.2, -0.15) is 5.10 Å². The first-order chi connectivity index (χ1) is 11.7. The lowest BCUT2D eigenvalue weighted by Gasteiger charge is -2.24. The number of aryl methyl sites for hydroxylation is 1. The molecule has 2 aliphatic rings. The molecule has 0 unspecified atom stereocenters. The Labute approximate surface area is 145 Å². The molecule has 5 heteroatoms. The Kier molecular flexibility index (Phi) is 5.93. The van der Waals surface area contributed by atoms with Gasteiger partial charge in [-0.05, 0) is 31.2 Å². The monoisotopic (exact) mass is 332 g/mol. The van der Waals surface area contributed by atoms with Gasteiger partial charge < -0.3 is 5.32 Å². The highest BCUT2D eigenvalue weighted by molar-refractivity contribution is 5.79. The lowest BCUT2D eigenvalue weighted by atomic mass is 9.85. The molecule has 2 heterocycles. The van der Waals surface area contributed by atoms with Gasteiger partial charge in [0.05, 0.1) is 17.9 Å². The summed E-state index contributed by atoms with van der Waals surface area (Å²) >= 11 is 0. The van der Waals surface area contributed by atoms with E-state index < -0.39 is 0 Å². The van der Waals surface area contributed by atoms with Crippen molar-refractivity contribution in [1.82, 2.24) is 20.0 Å². The van der Waals surface area contributed by atoms with Crippen molar-refractivity contribution in [3.05, 3.63) is 17.5 Å². The van der Waals surface area contributed by atoms with Crippen LogP contribution >= 0.6 is 0 Å². The topological polar surface area (TPSA) is 50.2 Å². The summed E-state index contributed by atoms with van der Waals surface area (Å²) in [5, 5.41) is 7.77. The van der Waals surface area contributed by atoms with E-state index in [2.05, 4.69) is 34.8 Å². The number of aromatic nitrogens is 2. The number of fused-ring (bicyclic) bond motifs is 1. The van der Waals surface area contributed by atoms with Crippen molar-refractivity contribution < 1.29 is 4.79 Å². The van der Waals surface area contributed by atoms with Crippen LogP contribution in [0.4, 0.5) is 0 Å². The van der Waals surface area contributed by atoms with Gasteiger partial charge >= 0.3 is 0 Å². The summed E-state index contributed by atoms with van der Waals surface area (Å²) in [4.78, 5) is 14.6. The van der Waals surface area contributed by atoms with Gasteiger partial charge in [0.1, 0.15) is 0 Å². The summed E-state index contributed by atoms with van der Waals surface area (Å²) in [6.45, 7) is 9.48. The number of hydrogen-bond acceptors (Lipinski definition) is 3. The first-order valence-electron chi connectivity index (χ1n) is 9.75. The van der Waals surface area contributed by atoms with E-state index in [9.17, 15) is 4.79 Å². The Bertz CT molecular complexity index is 546. The number of carbonyl (C=O) groups excluding carboxylic acids is 1. The third-order valence-electron chi connectivity index (χ3n) is 5.73. The highest BCUT2D eigenvalue weighted by atomic mass is 16.1. The number of amides is 1. The second-order valence-corrected chi connectivity index (χ2v) is 7.47. The minimum Gasteiger partial charge on any atom is -0.350 e. The Hall–Kier alpha value is -1.36. The summed E-state index contributed by atoms with van der Waals surface area (Å²) in [5.74, 6) is 1.25. The van der Waals surface area contributed by atoms with Crippen molar-refractivity contribution in [1.29, 1.82) is 0 Å². The number of nitrogens with one attached hydrogen (secondary N) is 1. The predicted octanol–water partition coefficient (Wildman–Crippen LogP) is 2.94. The molecular weight excluding hydrogens is 300 g/mol. The lowest BCUT2D eigenvalue weighted by molar-refractivity contribution is -0.127. The number of nitrogens with zero attached hydrogens (tertiary/aromatic N) is 3. The molecule has 1 fully saturated rings. The minimum atomic E-state index is 0.208. The first-order valence-corrected chi connectivity index (χ1v) is 9.75. The highest BCUT2D eigenvalue weighted by Crippen LogP contribution is 2.26. The average Bonchev–Trinajstić information content (AvgIpc) is 2.81. The second kappa shape index (κ2) is 8.15. The molecule has 0 saturated heterocycles. The Balaban J connectivity index is 1.56. The maximum Gasteiger partial charge on any atom is 0.223 e. The van der Waals surface area contributed by atoms with Gasteiger partial charge in [0.2, 0.25) is 5.91 Å². The predicted molar refractivity (Wildman–Crippen MR) is 95.4 cm³/mol. The molecule has 1 aromatic heterocycles. The van der Waals surface area contributed by atoms with E-state index in [1.807, 2.05) is 0 Å². The zero-order valence-electron chi connectivity index (χ0n) is 15.3. The highest BCUT2D eigenvalue weighted by Gasteiger charge is 2.25. The van der Waals surface area contributed by atoms with Crippen molar-refractivity contribution in [2.45, 2.75) is 72.0 Å². The van der Waals surface area contributed by atoms with Crippen LogP contribution in [0.2, 0.25) is 0 Å². The third-order valence-corrected chi connectivity index (χ3v) is 5.73. The molecule has 5 nitrogen and oxygen atoms in total. The second-order valence-electron chi connectivity index (χ2n) is 7.47. The maximum absolute atomic E-state index is 12.0. The van der Waals surface area contributed by atoms with Crippen LogP contribution in [0.25, 0.3) is 0 Å². The van der Waals surface area contributed by atoms with Crippen molar-refractivity contribution in [3.63, 3.8) is 0 Å². The van der Waals surface area contributed by atoms with Crippen LogP contribution in [-0.2, 0) is 24.4 Å². The van der Waals surface area contributed by atoms with Gasteiger partial charge in [-0.25, -0.2) is 0 Å². The van der Waals surface area contributed by atoms with Gasteiger partial charge in [-0.15, -0.1) is 0 Å². The SMILES string of the molecule is CCC(CC)CN1CCCn2nc(CNC(=O)C3CCC3)cc2C1. The molecule has 24 heavy (non-hydrogen) atoms. The minimum absolute atomic E-state index is 0.208. The fourth-order valence-corrected chi connectivity index (χ4v) is 3.73. The quantitative estimate of drug-likeness (QED) is 0.835. The van der Waals surface area contributed by atoms with Crippen LogP contribution in [0.5, 0.6) is 0 Å². The molecule has 1 aromatic rings. The molecule has 1 aliphatic carbocycles. The lowest BCUT2D eigenvalue weighted by Crippen LogP contribution is -2.34. The summed E-state index contributed by atoms with van der Waals surface area (Å²) in [7, 11) is 0. The van der Waals surface area contributed by atoms with E-state index >= 15 is 0 Å². The average molecular weight is 332 g/mol. The van der Waals surface area contributed by atoms with Crippen molar-refractivity contribution in [2.75, 3.05) is 13.1 Å². The van der Waals surface area contributed by atoms with Gasteiger partial charge in [0.25, 0.3) is 0 Å². The maximum atomic E-state index is 12.0. The Morgan fingerprint density at radius 3 is 2.75 bits per heavy atom. The van der Waals surface area contributed by atoms with E-state index in [1.54, 1.807) is 0 Å². The molecule has 1 amide bonds. The van der Waals surface area contributed by atoms with E-state index in [0.717, 1.165) is 50.5 Å². The fraction of sp³-hybridized carbons (Fsp3) is 0.789. The van der Waals surface area contributed by atoms with Gasteiger partial charge in [0, 0.05) is 32.1 Å². The molecule has 1 N–H and O–H groups in total. The molecular formula is C19H32N4O. The van der Waals surface area contributed by atoms with Crippen molar-refractivity contribution in [3.8, 4) is 0 Å². The van der Waals surface area contributed by atoms with Gasteiger partial charge in [0.15, 0.2) is 0 Å². The number of hydrogen-bond donors (Lipinski definition) is 1. The van der Waals surface area contributed by atoms with Crippen LogP contribution in [0.1, 0.15) is 63.8 Å². The molecule has 0 atom stereocenters. The van der Waals surface area contributed by atoms with Crippen LogP contribution in [-0.4, -0.2) is 33.7 Å². The largest absolute Gasteiger partial charge is 0.350 e. The van der Waals surface area contributed by atoms with Crippen LogP contribution in [0.3, 0.4) is 0 Å². The third kappa shape index (κ3) is 4.18. The number of rotatable bonds is 7. The van der Waals surface area contributed by atoms with E-state index in [-0.39, 0.29) is 11.8 Å². The van der Waals surface area contributed by atoms with E-state index in [1.165, 1.54) is 31.5 Å². The van der Waals surface area contributed by atoms with Gasteiger partial charge in [-0.3, -0.25) is 14.4 Å². The Morgan fingerprint density at radius 1 is 1.29 bits per heavy atom. The number of carbonyl (C=O) groups is 1. The van der Waals surface area contributed by atoms with E-state index in [0.29, 0.717) is 6.54 Å². The zero-order chi connectivity index (χ0) is 16.9. The smallest absolute Gasteiger partial charge is 0.223 e. The molecule has 3 rings (SSSR count). The fourth-order valence-electron chi connectivity index (χ4n) is 3.73. The molecule has 0 bridgehead atoms. The molecule has 0 spiro atoms.